The molecule has 3 heterocycles. The third-order valence-electron chi connectivity index (χ3n) is 4.20. The molecule has 0 aliphatic carbocycles. The third kappa shape index (κ3) is 3.91. The van der Waals surface area contributed by atoms with Crippen LogP contribution in [0, 0.1) is 13.8 Å². The molecule has 0 aromatic carbocycles. The summed E-state index contributed by atoms with van der Waals surface area (Å²) in [6, 6.07) is 4.93. The first kappa shape index (κ1) is 15.6. The van der Waals surface area contributed by atoms with E-state index in [1.165, 1.54) is 9.75 Å². The first-order chi connectivity index (χ1) is 10.7. The maximum atomic E-state index is 5.70. The van der Waals surface area contributed by atoms with Crippen molar-refractivity contribution in [1.29, 1.82) is 0 Å². The van der Waals surface area contributed by atoms with Gasteiger partial charge >= 0.3 is 0 Å². The van der Waals surface area contributed by atoms with Gasteiger partial charge in [0.1, 0.15) is 0 Å². The van der Waals surface area contributed by atoms with Crippen LogP contribution in [0.4, 0.5) is 0 Å². The molecule has 0 saturated carbocycles. The van der Waals surface area contributed by atoms with Gasteiger partial charge < -0.3 is 4.74 Å². The van der Waals surface area contributed by atoms with E-state index in [9.17, 15) is 0 Å². The summed E-state index contributed by atoms with van der Waals surface area (Å²) in [7, 11) is 0. The van der Waals surface area contributed by atoms with Crippen LogP contribution in [0.2, 0.25) is 0 Å². The SMILES string of the molecule is Cc1ccc(CN2CCOC[C@H]2CCc2nccnc2C)s1. The van der Waals surface area contributed by atoms with Crippen LogP contribution in [0.25, 0.3) is 0 Å². The number of hydrogen-bond acceptors (Lipinski definition) is 5. The van der Waals surface area contributed by atoms with E-state index < -0.39 is 0 Å². The van der Waals surface area contributed by atoms with E-state index in [0.29, 0.717) is 6.04 Å². The molecular formula is C17H23N3OS. The number of rotatable bonds is 5. The van der Waals surface area contributed by atoms with Crippen molar-refractivity contribution in [3.05, 3.63) is 45.7 Å². The molecule has 3 rings (SSSR count). The van der Waals surface area contributed by atoms with Crippen LogP contribution in [-0.2, 0) is 17.7 Å². The van der Waals surface area contributed by atoms with E-state index in [2.05, 4.69) is 33.9 Å². The number of ether oxygens (including phenoxy) is 1. The molecule has 0 amide bonds. The van der Waals surface area contributed by atoms with Gasteiger partial charge in [-0.25, -0.2) is 0 Å². The average molecular weight is 317 g/mol. The average Bonchev–Trinajstić information content (AvgIpc) is 2.93. The van der Waals surface area contributed by atoms with Crippen LogP contribution in [0.3, 0.4) is 0 Å². The van der Waals surface area contributed by atoms with Gasteiger partial charge in [0.2, 0.25) is 0 Å². The monoisotopic (exact) mass is 317 g/mol. The van der Waals surface area contributed by atoms with E-state index in [-0.39, 0.29) is 0 Å². The van der Waals surface area contributed by atoms with Gasteiger partial charge in [0.15, 0.2) is 0 Å². The molecule has 2 aromatic rings. The minimum absolute atomic E-state index is 0.470. The number of aromatic nitrogens is 2. The first-order valence-electron chi connectivity index (χ1n) is 7.86. The highest BCUT2D eigenvalue weighted by molar-refractivity contribution is 7.11. The van der Waals surface area contributed by atoms with Crippen molar-refractivity contribution < 1.29 is 4.74 Å². The first-order valence-corrected chi connectivity index (χ1v) is 8.67. The predicted molar refractivity (Wildman–Crippen MR) is 89.2 cm³/mol. The fourth-order valence-corrected chi connectivity index (χ4v) is 3.83. The summed E-state index contributed by atoms with van der Waals surface area (Å²) in [5.41, 5.74) is 2.15. The molecule has 0 N–H and O–H groups in total. The highest BCUT2D eigenvalue weighted by Crippen LogP contribution is 2.21. The lowest BCUT2D eigenvalue weighted by atomic mass is 10.1. The minimum atomic E-state index is 0.470. The quantitative estimate of drug-likeness (QED) is 0.850. The summed E-state index contributed by atoms with van der Waals surface area (Å²) in [6.45, 7) is 7.91. The highest BCUT2D eigenvalue weighted by atomic mass is 32.1. The molecule has 5 heteroatoms. The lowest BCUT2D eigenvalue weighted by molar-refractivity contribution is -0.0139. The highest BCUT2D eigenvalue weighted by Gasteiger charge is 2.23. The Labute approximate surface area is 136 Å². The van der Waals surface area contributed by atoms with Crippen LogP contribution in [0.1, 0.15) is 27.6 Å². The van der Waals surface area contributed by atoms with Crippen LogP contribution >= 0.6 is 11.3 Å². The van der Waals surface area contributed by atoms with E-state index in [4.69, 9.17) is 4.74 Å². The Morgan fingerprint density at radius 1 is 1.27 bits per heavy atom. The normalized spacial score (nSPS) is 19.5. The van der Waals surface area contributed by atoms with E-state index in [1.54, 1.807) is 12.4 Å². The molecule has 0 spiro atoms. The largest absolute Gasteiger partial charge is 0.378 e. The van der Waals surface area contributed by atoms with Gasteiger partial charge in [-0.2, -0.15) is 0 Å². The molecule has 0 bridgehead atoms. The topological polar surface area (TPSA) is 38.2 Å². The molecule has 22 heavy (non-hydrogen) atoms. The molecule has 1 aliphatic heterocycles. The Hall–Kier alpha value is -1.30. The zero-order valence-electron chi connectivity index (χ0n) is 13.3. The summed E-state index contributed by atoms with van der Waals surface area (Å²) >= 11 is 1.90. The Morgan fingerprint density at radius 3 is 2.91 bits per heavy atom. The number of morpholine rings is 1. The number of nitrogens with zero attached hydrogens (tertiary/aromatic N) is 3. The second-order valence-corrected chi connectivity index (χ2v) is 7.21. The standard InChI is InChI=1S/C17H23N3OS/c1-13-3-5-16(22-13)11-20-9-10-21-12-15(20)4-6-17-14(2)18-7-8-19-17/h3,5,7-8,15H,4,6,9-12H2,1-2H3/t15-/m1/s1. The summed E-state index contributed by atoms with van der Waals surface area (Å²) in [5, 5.41) is 0. The fraction of sp³-hybridized carbons (Fsp3) is 0.529. The summed E-state index contributed by atoms with van der Waals surface area (Å²) < 4.78 is 5.70. The number of thiophene rings is 1. The Balaban J connectivity index is 1.61. The Bertz CT molecular complexity index is 613. The third-order valence-corrected chi connectivity index (χ3v) is 5.19. The Kier molecular flexibility index (Phi) is 5.18. The van der Waals surface area contributed by atoms with Gasteiger partial charge in [0, 0.05) is 41.3 Å². The smallest absolute Gasteiger partial charge is 0.0622 e. The van der Waals surface area contributed by atoms with Crippen LogP contribution in [0.5, 0.6) is 0 Å². The van der Waals surface area contributed by atoms with Crippen molar-refractivity contribution in [3.8, 4) is 0 Å². The molecule has 118 valence electrons. The molecule has 1 saturated heterocycles. The van der Waals surface area contributed by atoms with Gasteiger partial charge in [-0.1, -0.05) is 0 Å². The van der Waals surface area contributed by atoms with Crippen molar-refractivity contribution in [3.63, 3.8) is 0 Å². The van der Waals surface area contributed by atoms with Crippen molar-refractivity contribution in [2.75, 3.05) is 19.8 Å². The second kappa shape index (κ2) is 7.31. The second-order valence-electron chi connectivity index (χ2n) is 5.84. The number of aryl methyl sites for hydroxylation is 3. The van der Waals surface area contributed by atoms with Crippen molar-refractivity contribution in [2.45, 2.75) is 39.3 Å². The lowest BCUT2D eigenvalue weighted by Crippen LogP contribution is -2.45. The van der Waals surface area contributed by atoms with Gasteiger partial charge in [0.25, 0.3) is 0 Å². The lowest BCUT2D eigenvalue weighted by Gasteiger charge is -2.35. The zero-order chi connectivity index (χ0) is 15.4. The summed E-state index contributed by atoms with van der Waals surface area (Å²) in [6.07, 6.45) is 5.58. The summed E-state index contributed by atoms with van der Waals surface area (Å²) in [4.78, 5) is 14.2. The van der Waals surface area contributed by atoms with Gasteiger partial charge in [-0.05, 0) is 38.8 Å². The maximum Gasteiger partial charge on any atom is 0.0622 e. The van der Waals surface area contributed by atoms with Crippen molar-refractivity contribution >= 4 is 11.3 Å². The minimum Gasteiger partial charge on any atom is -0.378 e. The van der Waals surface area contributed by atoms with Crippen LogP contribution in [0.15, 0.2) is 24.5 Å². The van der Waals surface area contributed by atoms with E-state index in [1.807, 2.05) is 18.3 Å². The van der Waals surface area contributed by atoms with E-state index in [0.717, 1.165) is 50.5 Å². The zero-order valence-corrected chi connectivity index (χ0v) is 14.1. The van der Waals surface area contributed by atoms with E-state index >= 15 is 0 Å². The van der Waals surface area contributed by atoms with Crippen molar-refractivity contribution in [1.82, 2.24) is 14.9 Å². The maximum absolute atomic E-state index is 5.70. The fourth-order valence-electron chi connectivity index (χ4n) is 2.92. The molecule has 1 aliphatic rings. The Morgan fingerprint density at radius 2 is 2.14 bits per heavy atom. The molecule has 1 atom stereocenters. The number of hydrogen-bond donors (Lipinski definition) is 0. The van der Waals surface area contributed by atoms with Crippen LogP contribution in [-0.4, -0.2) is 40.7 Å². The molecular weight excluding hydrogens is 294 g/mol. The predicted octanol–water partition coefficient (Wildman–Crippen LogP) is 2.99. The molecule has 0 radical (unpaired) electrons. The van der Waals surface area contributed by atoms with Crippen LogP contribution < -0.4 is 0 Å². The van der Waals surface area contributed by atoms with Gasteiger partial charge in [-0.3, -0.25) is 14.9 Å². The molecule has 0 unspecified atom stereocenters. The van der Waals surface area contributed by atoms with Gasteiger partial charge in [0.05, 0.1) is 24.6 Å². The molecule has 1 fully saturated rings. The van der Waals surface area contributed by atoms with Crippen molar-refractivity contribution in [2.24, 2.45) is 0 Å². The molecule has 4 nitrogen and oxygen atoms in total. The van der Waals surface area contributed by atoms with Gasteiger partial charge in [-0.15, -0.1) is 11.3 Å². The molecule has 2 aromatic heterocycles. The summed E-state index contributed by atoms with van der Waals surface area (Å²) in [5.74, 6) is 0.